The summed E-state index contributed by atoms with van der Waals surface area (Å²) in [6, 6.07) is 0. The number of aliphatic hydroxyl groups excluding tert-OH is 1. The van der Waals surface area contributed by atoms with E-state index in [1.807, 2.05) is 24.8 Å². The number of piperidine rings is 1. The van der Waals surface area contributed by atoms with Crippen LogP contribution >= 0.6 is 0 Å². The number of amides is 1. The summed E-state index contributed by atoms with van der Waals surface area (Å²) in [4.78, 5) is 13.4. The van der Waals surface area contributed by atoms with Crippen LogP contribution < -0.4 is 0 Å². The maximum atomic E-state index is 11.6. The van der Waals surface area contributed by atoms with Crippen LogP contribution in [0.3, 0.4) is 0 Å². The molecular weight excluding hydrogens is 166 g/mol. The molecule has 0 radical (unpaired) electrons. The fourth-order valence-electron chi connectivity index (χ4n) is 1.44. The van der Waals surface area contributed by atoms with Crippen LogP contribution in [0.2, 0.25) is 0 Å². The number of carbonyl (C=O) groups excluding carboxylic acids is 1. The number of aliphatic hydroxyl groups is 1. The van der Waals surface area contributed by atoms with E-state index in [2.05, 4.69) is 0 Å². The molecule has 0 bridgehead atoms. The molecule has 1 aliphatic heterocycles. The third-order valence-electron chi connectivity index (χ3n) is 2.52. The van der Waals surface area contributed by atoms with Gasteiger partial charge in [0.15, 0.2) is 0 Å². The van der Waals surface area contributed by atoms with Crippen LogP contribution in [0.4, 0.5) is 0 Å². The number of hydrogen-bond donors (Lipinski definition) is 1. The standard InChI is InChI=1S/C10H17NO2/c1-3-8(2)10(13)11-6-4-9(12)5-7-11/h3,9,12H,4-7H2,1-2H3/b8-3-. The van der Waals surface area contributed by atoms with Gasteiger partial charge in [0.25, 0.3) is 0 Å². The zero-order chi connectivity index (χ0) is 9.84. The topological polar surface area (TPSA) is 40.5 Å². The Labute approximate surface area is 79.0 Å². The van der Waals surface area contributed by atoms with Crippen LogP contribution in [0.5, 0.6) is 0 Å². The van der Waals surface area contributed by atoms with Crippen molar-refractivity contribution in [2.45, 2.75) is 32.8 Å². The van der Waals surface area contributed by atoms with E-state index >= 15 is 0 Å². The highest BCUT2D eigenvalue weighted by atomic mass is 16.3. The van der Waals surface area contributed by atoms with Gasteiger partial charge in [-0.15, -0.1) is 0 Å². The van der Waals surface area contributed by atoms with Crippen LogP contribution in [0.1, 0.15) is 26.7 Å². The van der Waals surface area contributed by atoms with Gasteiger partial charge in [-0.05, 0) is 26.7 Å². The number of carbonyl (C=O) groups is 1. The monoisotopic (exact) mass is 183 g/mol. The van der Waals surface area contributed by atoms with Gasteiger partial charge in [0.05, 0.1) is 6.10 Å². The SMILES string of the molecule is C/C=C(/C)C(=O)N1CCC(O)CC1. The van der Waals surface area contributed by atoms with Gasteiger partial charge in [0, 0.05) is 18.7 Å². The molecule has 1 fully saturated rings. The summed E-state index contributed by atoms with van der Waals surface area (Å²) in [5.74, 6) is 0.106. The van der Waals surface area contributed by atoms with E-state index in [-0.39, 0.29) is 12.0 Å². The lowest BCUT2D eigenvalue weighted by Gasteiger charge is -2.29. The highest BCUT2D eigenvalue weighted by Crippen LogP contribution is 2.12. The van der Waals surface area contributed by atoms with Gasteiger partial charge in [0.2, 0.25) is 5.91 Å². The van der Waals surface area contributed by atoms with Crippen molar-refractivity contribution in [3.05, 3.63) is 11.6 Å². The predicted octanol–water partition coefficient (Wildman–Crippen LogP) is 0.936. The minimum Gasteiger partial charge on any atom is -0.393 e. The van der Waals surface area contributed by atoms with Crippen molar-refractivity contribution in [3.63, 3.8) is 0 Å². The molecular formula is C10H17NO2. The van der Waals surface area contributed by atoms with E-state index < -0.39 is 0 Å². The first-order valence-corrected chi connectivity index (χ1v) is 4.75. The quantitative estimate of drug-likeness (QED) is 0.614. The van der Waals surface area contributed by atoms with Gasteiger partial charge >= 0.3 is 0 Å². The fourth-order valence-corrected chi connectivity index (χ4v) is 1.44. The average molecular weight is 183 g/mol. The summed E-state index contributed by atoms with van der Waals surface area (Å²) >= 11 is 0. The molecule has 0 aromatic carbocycles. The highest BCUT2D eigenvalue weighted by Gasteiger charge is 2.21. The summed E-state index contributed by atoms with van der Waals surface area (Å²) in [5, 5.41) is 9.25. The Morgan fingerprint density at radius 1 is 1.46 bits per heavy atom. The van der Waals surface area contributed by atoms with E-state index in [0.29, 0.717) is 25.9 Å². The lowest BCUT2D eigenvalue weighted by Crippen LogP contribution is -2.40. The van der Waals surface area contributed by atoms with Crippen molar-refractivity contribution in [1.82, 2.24) is 4.90 Å². The average Bonchev–Trinajstić information content (AvgIpc) is 2.17. The van der Waals surface area contributed by atoms with Crippen LogP contribution in [0.25, 0.3) is 0 Å². The van der Waals surface area contributed by atoms with Gasteiger partial charge in [-0.25, -0.2) is 0 Å². The van der Waals surface area contributed by atoms with E-state index in [4.69, 9.17) is 0 Å². The number of rotatable bonds is 1. The molecule has 0 atom stereocenters. The minimum atomic E-state index is -0.213. The summed E-state index contributed by atoms with van der Waals surface area (Å²) < 4.78 is 0. The molecule has 1 rings (SSSR count). The Kier molecular flexibility index (Phi) is 3.48. The van der Waals surface area contributed by atoms with Gasteiger partial charge in [-0.3, -0.25) is 4.79 Å². The van der Waals surface area contributed by atoms with Crippen LogP contribution in [0, 0.1) is 0 Å². The lowest BCUT2D eigenvalue weighted by molar-refractivity contribution is -0.129. The molecule has 1 saturated heterocycles. The predicted molar refractivity (Wildman–Crippen MR) is 51.3 cm³/mol. The Morgan fingerprint density at radius 2 is 2.00 bits per heavy atom. The van der Waals surface area contributed by atoms with Crippen molar-refractivity contribution >= 4 is 5.91 Å². The van der Waals surface area contributed by atoms with Crippen LogP contribution in [-0.4, -0.2) is 35.1 Å². The zero-order valence-corrected chi connectivity index (χ0v) is 8.29. The van der Waals surface area contributed by atoms with E-state index in [1.165, 1.54) is 0 Å². The van der Waals surface area contributed by atoms with E-state index in [0.717, 1.165) is 5.57 Å². The third-order valence-corrected chi connectivity index (χ3v) is 2.52. The maximum absolute atomic E-state index is 11.6. The first kappa shape index (κ1) is 10.3. The van der Waals surface area contributed by atoms with E-state index in [1.54, 1.807) is 0 Å². The van der Waals surface area contributed by atoms with E-state index in [9.17, 15) is 9.90 Å². The van der Waals surface area contributed by atoms with Gasteiger partial charge in [-0.2, -0.15) is 0 Å². The molecule has 0 aliphatic carbocycles. The molecule has 0 spiro atoms. The van der Waals surface area contributed by atoms with Crippen molar-refractivity contribution < 1.29 is 9.90 Å². The second kappa shape index (κ2) is 4.42. The second-order valence-electron chi connectivity index (χ2n) is 3.50. The molecule has 74 valence electrons. The molecule has 1 heterocycles. The number of nitrogens with zero attached hydrogens (tertiary/aromatic N) is 1. The first-order valence-electron chi connectivity index (χ1n) is 4.75. The normalized spacial score (nSPS) is 20.5. The second-order valence-corrected chi connectivity index (χ2v) is 3.50. The Morgan fingerprint density at radius 3 is 2.46 bits per heavy atom. The minimum absolute atomic E-state index is 0.106. The lowest BCUT2D eigenvalue weighted by atomic mass is 10.1. The molecule has 0 saturated carbocycles. The van der Waals surface area contributed by atoms with Gasteiger partial charge in [0.1, 0.15) is 0 Å². The smallest absolute Gasteiger partial charge is 0.249 e. The molecule has 0 aromatic heterocycles. The summed E-state index contributed by atoms with van der Waals surface area (Å²) in [5.41, 5.74) is 0.788. The van der Waals surface area contributed by atoms with Crippen molar-refractivity contribution in [1.29, 1.82) is 0 Å². The van der Waals surface area contributed by atoms with Crippen molar-refractivity contribution in [2.24, 2.45) is 0 Å². The maximum Gasteiger partial charge on any atom is 0.249 e. The molecule has 3 nitrogen and oxygen atoms in total. The third kappa shape index (κ3) is 2.56. The Balaban J connectivity index is 2.50. The first-order chi connectivity index (χ1) is 6.15. The van der Waals surface area contributed by atoms with Crippen LogP contribution in [0.15, 0.2) is 11.6 Å². The van der Waals surface area contributed by atoms with Crippen molar-refractivity contribution in [2.75, 3.05) is 13.1 Å². The Bertz CT molecular complexity index is 215. The molecule has 1 aliphatic rings. The molecule has 1 amide bonds. The molecule has 3 heteroatoms. The molecule has 0 unspecified atom stereocenters. The Hall–Kier alpha value is -0.830. The largest absolute Gasteiger partial charge is 0.393 e. The summed E-state index contributed by atoms with van der Waals surface area (Å²) in [6.45, 7) is 5.07. The van der Waals surface area contributed by atoms with Crippen LogP contribution in [-0.2, 0) is 4.79 Å². The summed E-state index contributed by atoms with van der Waals surface area (Å²) in [7, 11) is 0. The highest BCUT2D eigenvalue weighted by molar-refractivity contribution is 5.92. The number of likely N-dealkylation sites (tertiary alicyclic amines) is 1. The number of allylic oxidation sites excluding steroid dienone is 1. The zero-order valence-electron chi connectivity index (χ0n) is 8.29. The van der Waals surface area contributed by atoms with Crippen molar-refractivity contribution in [3.8, 4) is 0 Å². The molecule has 0 aromatic rings. The van der Waals surface area contributed by atoms with Gasteiger partial charge in [-0.1, -0.05) is 6.08 Å². The molecule has 1 N–H and O–H groups in total. The summed E-state index contributed by atoms with van der Waals surface area (Å²) in [6.07, 6.45) is 3.04. The fraction of sp³-hybridized carbons (Fsp3) is 0.700. The molecule has 13 heavy (non-hydrogen) atoms. The van der Waals surface area contributed by atoms with Gasteiger partial charge < -0.3 is 10.0 Å². The number of hydrogen-bond acceptors (Lipinski definition) is 2.